The first-order valence-corrected chi connectivity index (χ1v) is 8.12. The van der Waals surface area contributed by atoms with Crippen molar-refractivity contribution in [1.82, 2.24) is 19.8 Å². The molecule has 1 aromatic heterocycles. The molecule has 2 rings (SSSR count). The number of ether oxygens (including phenoxy) is 1. The van der Waals surface area contributed by atoms with E-state index in [2.05, 4.69) is 19.8 Å². The van der Waals surface area contributed by atoms with Crippen LogP contribution in [0.1, 0.15) is 39.3 Å². The van der Waals surface area contributed by atoms with Crippen molar-refractivity contribution in [1.29, 1.82) is 0 Å². The number of imidazole rings is 1. The Labute approximate surface area is 132 Å². The highest BCUT2D eigenvalue weighted by Gasteiger charge is 2.16. The van der Waals surface area contributed by atoms with Crippen LogP contribution in [0.5, 0.6) is 0 Å². The normalized spacial score (nSPS) is 16.0. The van der Waals surface area contributed by atoms with Crippen LogP contribution < -0.4 is 5.32 Å². The van der Waals surface area contributed by atoms with E-state index in [1.807, 2.05) is 33.3 Å². The highest BCUT2D eigenvalue weighted by atomic mass is 16.6. The molecule has 0 unspecified atom stereocenters. The standard InChI is InChI=1S/C16H28N4O2/c1-16(2,3)22-15(21)18-7-6-14-12-17-13-20(14)11-10-19-8-4-5-9-19/h12-13H,4-11H2,1-3H3,(H,18,21). The minimum atomic E-state index is -0.457. The smallest absolute Gasteiger partial charge is 0.407 e. The largest absolute Gasteiger partial charge is 0.444 e. The number of amides is 1. The molecular weight excluding hydrogens is 280 g/mol. The third-order valence-corrected chi connectivity index (χ3v) is 3.70. The van der Waals surface area contributed by atoms with Crippen LogP contribution in [-0.4, -0.2) is 52.3 Å². The molecule has 6 nitrogen and oxygen atoms in total. The van der Waals surface area contributed by atoms with Crippen LogP contribution in [0.2, 0.25) is 0 Å². The van der Waals surface area contributed by atoms with E-state index in [-0.39, 0.29) is 6.09 Å². The first-order valence-electron chi connectivity index (χ1n) is 8.12. The van der Waals surface area contributed by atoms with Crippen LogP contribution >= 0.6 is 0 Å². The number of carbonyl (C=O) groups excluding carboxylic acids is 1. The van der Waals surface area contributed by atoms with Gasteiger partial charge in [-0.1, -0.05) is 0 Å². The van der Waals surface area contributed by atoms with E-state index in [4.69, 9.17) is 4.74 Å². The van der Waals surface area contributed by atoms with Crippen molar-refractivity contribution < 1.29 is 9.53 Å². The predicted octanol–water partition coefficient (Wildman–Crippen LogP) is 2.05. The lowest BCUT2D eigenvalue weighted by Crippen LogP contribution is -2.33. The molecule has 1 aliphatic rings. The lowest BCUT2D eigenvalue weighted by molar-refractivity contribution is 0.0528. The maximum atomic E-state index is 11.6. The number of hydrogen-bond donors (Lipinski definition) is 1. The third-order valence-electron chi connectivity index (χ3n) is 3.70. The second-order valence-corrected chi connectivity index (χ2v) is 6.81. The van der Waals surface area contributed by atoms with Crippen molar-refractivity contribution in [2.75, 3.05) is 26.2 Å². The molecule has 1 N–H and O–H groups in total. The van der Waals surface area contributed by atoms with Gasteiger partial charge >= 0.3 is 6.09 Å². The van der Waals surface area contributed by atoms with Gasteiger partial charge in [0.05, 0.1) is 6.33 Å². The number of alkyl carbamates (subject to hydrolysis) is 1. The molecule has 1 saturated heterocycles. The molecule has 2 heterocycles. The maximum absolute atomic E-state index is 11.6. The number of likely N-dealkylation sites (tertiary alicyclic amines) is 1. The van der Waals surface area contributed by atoms with Crippen LogP contribution in [0, 0.1) is 0 Å². The fraction of sp³-hybridized carbons (Fsp3) is 0.750. The van der Waals surface area contributed by atoms with Gasteiger partial charge in [0.15, 0.2) is 0 Å². The molecule has 1 fully saturated rings. The van der Waals surface area contributed by atoms with Crippen molar-refractivity contribution >= 4 is 6.09 Å². The van der Waals surface area contributed by atoms with Crippen molar-refractivity contribution in [3.63, 3.8) is 0 Å². The Morgan fingerprint density at radius 3 is 2.73 bits per heavy atom. The third kappa shape index (κ3) is 5.67. The molecule has 0 aromatic carbocycles. The second kappa shape index (κ2) is 7.63. The van der Waals surface area contributed by atoms with Gasteiger partial charge in [0.1, 0.15) is 5.60 Å². The van der Waals surface area contributed by atoms with Crippen molar-refractivity contribution in [3.8, 4) is 0 Å². The summed E-state index contributed by atoms with van der Waals surface area (Å²) in [6.07, 6.45) is 6.78. The van der Waals surface area contributed by atoms with E-state index in [1.54, 1.807) is 0 Å². The van der Waals surface area contributed by atoms with Gasteiger partial charge in [-0.05, 0) is 46.7 Å². The molecule has 0 radical (unpaired) electrons. The second-order valence-electron chi connectivity index (χ2n) is 6.81. The van der Waals surface area contributed by atoms with Gasteiger partial charge in [-0.2, -0.15) is 0 Å². The summed E-state index contributed by atoms with van der Waals surface area (Å²) < 4.78 is 7.40. The van der Waals surface area contributed by atoms with E-state index in [1.165, 1.54) is 25.9 Å². The van der Waals surface area contributed by atoms with Crippen molar-refractivity contribution in [3.05, 3.63) is 18.2 Å². The maximum Gasteiger partial charge on any atom is 0.407 e. The minimum Gasteiger partial charge on any atom is -0.444 e. The Bertz CT molecular complexity index is 473. The number of rotatable bonds is 6. The van der Waals surface area contributed by atoms with Gasteiger partial charge in [-0.15, -0.1) is 0 Å². The summed E-state index contributed by atoms with van der Waals surface area (Å²) in [4.78, 5) is 18.3. The van der Waals surface area contributed by atoms with E-state index in [9.17, 15) is 4.79 Å². The monoisotopic (exact) mass is 308 g/mol. The van der Waals surface area contributed by atoms with Crippen LogP contribution in [0.25, 0.3) is 0 Å². The Kier molecular flexibility index (Phi) is 5.83. The molecule has 0 atom stereocenters. The van der Waals surface area contributed by atoms with Crippen molar-refractivity contribution in [2.24, 2.45) is 0 Å². The molecular formula is C16H28N4O2. The lowest BCUT2D eigenvalue weighted by Gasteiger charge is -2.19. The summed E-state index contributed by atoms with van der Waals surface area (Å²) in [5.74, 6) is 0. The molecule has 0 aliphatic carbocycles. The highest BCUT2D eigenvalue weighted by Crippen LogP contribution is 2.09. The summed E-state index contributed by atoms with van der Waals surface area (Å²) in [6, 6.07) is 0. The number of nitrogens with one attached hydrogen (secondary N) is 1. The zero-order chi connectivity index (χ0) is 16.0. The molecule has 6 heteroatoms. The van der Waals surface area contributed by atoms with Crippen LogP contribution in [-0.2, 0) is 17.7 Å². The molecule has 0 bridgehead atoms. The summed E-state index contributed by atoms with van der Waals surface area (Å²) in [5, 5.41) is 2.79. The Balaban J connectivity index is 1.71. The minimum absolute atomic E-state index is 0.365. The molecule has 1 aliphatic heterocycles. The Hall–Kier alpha value is -1.56. The quantitative estimate of drug-likeness (QED) is 0.874. The van der Waals surface area contributed by atoms with Crippen molar-refractivity contribution in [2.45, 2.75) is 52.2 Å². The molecule has 0 spiro atoms. The molecule has 1 amide bonds. The Morgan fingerprint density at radius 2 is 2.05 bits per heavy atom. The van der Waals surface area contributed by atoms with Gasteiger partial charge in [0.2, 0.25) is 0 Å². The molecule has 1 aromatic rings. The average Bonchev–Trinajstić information content (AvgIpc) is 3.04. The van der Waals surface area contributed by atoms with Crippen LogP contribution in [0.4, 0.5) is 4.79 Å². The number of carbonyl (C=O) groups is 1. The molecule has 0 saturated carbocycles. The zero-order valence-electron chi connectivity index (χ0n) is 14.0. The topological polar surface area (TPSA) is 59.4 Å². The van der Waals surface area contributed by atoms with E-state index in [0.29, 0.717) is 6.54 Å². The van der Waals surface area contributed by atoms with E-state index >= 15 is 0 Å². The van der Waals surface area contributed by atoms with Gasteiger partial charge < -0.3 is 19.5 Å². The number of nitrogens with zero attached hydrogens (tertiary/aromatic N) is 3. The Morgan fingerprint density at radius 1 is 1.32 bits per heavy atom. The van der Waals surface area contributed by atoms with Gasteiger partial charge in [-0.3, -0.25) is 0 Å². The van der Waals surface area contributed by atoms with Gasteiger partial charge in [0.25, 0.3) is 0 Å². The van der Waals surface area contributed by atoms with Gasteiger partial charge in [-0.25, -0.2) is 9.78 Å². The predicted molar refractivity (Wildman–Crippen MR) is 85.8 cm³/mol. The number of aromatic nitrogens is 2. The first-order chi connectivity index (χ1) is 10.4. The average molecular weight is 308 g/mol. The zero-order valence-corrected chi connectivity index (χ0v) is 14.0. The first kappa shape index (κ1) is 16.8. The molecule has 124 valence electrons. The fourth-order valence-electron chi connectivity index (χ4n) is 2.62. The number of hydrogen-bond acceptors (Lipinski definition) is 4. The van der Waals surface area contributed by atoms with E-state index < -0.39 is 5.60 Å². The fourth-order valence-corrected chi connectivity index (χ4v) is 2.62. The summed E-state index contributed by atoms with van der Waals surface area (Å²) in [6.45, 7) is 10.6. The summed E-state index contributed by atoms with van der Waals surface area (Å²) >= 11 is 0. The van der Waals surface area contributed by atoms with E-state index in [0.717, 1.165) is 25.2 Å². The van der Waals surface area contributed by atoms with Crippen LogP contribution in [0.3, 0.4) is 0 Å². The highest BCUT2D eigenvalue weighted by molar-refractivity contribution is 5.67. The molecule has 22 heavy (non-hydrogen) atoms. The van der Waals surface area contributed by atoms with Crippen LogP contribution in [0.15, 0.2) is 12.5 Å². The SMILES string of the molecule is CC(C)(C)OC(=O)NCCc1cncn1CCN1CCCC1. The van der Waals surface area contributed by atoms with Gasteiger partial charge in [0, 0.05) is 37.9 Å². The summed E-state index contributed by atoms with van der Waals surface area (Å²) in [5.41, 5.74) is 0.692. The summed E-state index contributed by atoms with van der Waals surface area (Å²) in [7, 11) is 0. The lowest BCUT2D eigenvalue weighted by atomic mass is 10.2.